The Morgan fingerprint density at radius 1 is 1.56 bits per heavy atom. The molecular weight excluding hydrogens is 205 g/mol. The van der Waals surface area contributed by atoms with Crippen molar-refractivity contribution in [3.63, 3.8) is 0 Å². The summed E-state index contributed by atoms with van der Waals surface area (Å²) in [7, 11) is 0. The van der Waals surface area contributed by atoms with Crippen LogP contribution in [0.15, 0.2) is 24.3 Å². The van der Waals surface area contributed by atoms with Crippen LogP contribution >= 0.6 is 0 Å². The highest BCUT2D eigenvalue weighted by Gasteiger charge is 2.09. The number of halogens is 1. The number of benzene rings is 1. The Morgan fingerprint density at radius 3 is 2.88 bits per heavy atom. The Hall–Kier alpha value is -1.37. The lowest BCUT2D eigenvalue weighted by Gasteiger charge is -2.15. The van der Waals surface area contributed by atoms with Crippen LogP contribution in [-0.2, 0) is 0 Å². The van der Waals surface area contributed by atoms with Gasteiger partial charge in [-0.25, -0.2) is 4.39 Å². The topological polar surface area (TPSA) is 32.3 Å². The van der Waals surface area contributed by atoms with E-state index >= 15 is 0 Å². The highest BCUT2D eigenvalue weighted by molar-refractivity contribution is 5.19. The molecule has 3 heteroatoms. The second-order valence-electron chi connectivity index (χ2n) is 3.61. The van der Waals surface area contributed by atoms with Crippen LogP contribution in [0.3, 0.4) is 0 Å². The normalized spacial score (nSPS) is 14.1. The van der Waals surface area contributed by atoms with E-state index in [4.69, 9.17) is 6.42 Å². The van der Waals surface area contributed by atoms with Crippen LogP contribution in [0.4, 0.5) is 4.39 Å². The molecule has 0 spiro atoms. The van der Waals surface area contributed by atoms with Crippen LogP contribution in [0.2, 0.25) is 0 Å². The molecule has 1 aromatic carbocycles. The fourth-order valence-corrected chi connectivity index (χ4v) is 1.41. The van der Waals surface area contributed by atoms with E-state index in [9.17, 15) is 9.50 Å². The first-order chi connectivity index (χ1) is 7.67. The van der Waals surface area contributed by atoms with Crippen molar-refractivity contribution >= 4 is 0 Å². The fourth-order valence-electron chi connectivity index (χ4n) is 1.41. The van der Waals surface area contributed by atoms with E-state index in [1.807, 2.05) is 6.92 Å². The number of aliphatic hydroxyl groups is 1. The lowest BCUT2D eigenvalue weighted by atomic mass is 10.1. The van der Waals surface area contributed by atoms with Gasteiger partial charge in [0, 0.05) is 6.54 Å². The van der Waals surface area contributed by atoms with Gasteiger partial charge in [-0.15, -0.1) is 6.42 Å². The Bertz CT molecular complexity index is 372. The summed E-state index contributed by atoms with van der Waals surface area (Å²) < 4.78 is 12.9. The van der Waals surface area contributed by atoms with Gasteiger partial charge in [-0.2, -0.15) is 0 Å². The lowest BCUT2D eigenvalue weighted by Crippen LogP contribution is -2.31. The summed E-state index contributed by atoms with van der Waals surface area (Å²) >= 11 is 0. The molecule has 0 heterocycles. The van der Waals surface area contributed by atoms with Gasteiger partial charge >= 0.3 is 0 Å². The predicted octanol–water partition coefficient (Wildman–Crippen LogP) is 1.86. The molecule has 0 radical (unpaired) electrons. The molecule has 0 fully saturated rings. The van der Waals surface area contributed by atoms with Gasteiger partial charge in [-0.3, -0.25) is 0 Å². The summed E-state index contributed by atoms with van der Waals surface area (Å²) in [6.07, 6.45) is 5.34. The van der Waals surface area contributed by atoms with Crippen molar-refractivity contribution < 1.29 is 9.50 Å². The maximum Gasteiger partial charge on any atom is 0.123 e. The van der Waals surface area contributed by atoms with Crippen molar-refractivity contribution in [2.45, 2.75) is 25.5 Å². The molecule has 2 atom stereocenters. The molecule has 0 aliphatic rings. The fraction of sp³-hybridized carbons (Fsp3) is 0.385. The summed E-state index contributed by atoms with van der Waals surface area (Å²) in [6, 6.07) is 5.88. The van der Waals surface area contributed by atoms with Crippen molar-refractivity contribution in [2.24, 2.45) is 0 Å². The molecule has 86 valence electrons. The van der Waals surface area contributed by atoms with E-state index in [1.54, 1.807) is 12.1 Å². The SMILES string of the molecule is C#CC(CC)NCC(O)c1cccc(F)c1. The third-order valence-corrected chi connectivity index (χ3v) is 2.40. The van der Waals surface area contributed by atoms with E-state index in [0.29, 0.717) is 12.1 Å². The molecule has 2 nitrogen and oxygen atoms in total. The minimum absolute atomic E-state index is 0.0526. The summed E-state index contributed by atoms with van der Waals surface area (Å²) in [5.74, 6) is 2.23. The first-order valence-corrected chi connectivity index (χ1v) is 5.30. The molecule has 1 rings (SSSR count). The van der Waals surface area contributed by atoms with E-state index in [-0.39, 0.29) is 11.9 Å². The Kier molecular flexibility index (Phi) is 4.97. The van der Waals surface area contributed by atoms with Gasteiger partial charge in [-0.1, -0.05) is 25.0 Å². The van der Waals surface area contributed by atoms with Gasteiger partial charge in [0.1, 0.15) is 5.82 Å². The summed E-state index contributed by atoms with van der Waals surface area (Å²) in [6.45, 7) is 2.29. The van der Waals surface area contributed by atoms with Gasteiger partial charge in [0.25, 0.3) is 0 Å². The van der Waals surface area contributed by atoms with Crippen molar-refractivity contribution in [1.29, 1.82) is 0 Å². The molecule has 0 saturated heterocycles. The molecule has 0 aliphatic carbocycles. The minimum Gasteiger partial charge on any atom is -0.387 e. The lowest BCUT2D eigenvalue weighted by molar-refractivity contribution is 0.172. The average molecular weight is 221 g/mol. The Morgan fingerprint density at radius 2 is 2.31 bits per heavy atom. The summed E-state index contributed by atoms with van der Waals surface area (Å²) in [5, 5.41) is 12.8. The molecule has 0 saturated carbocycles. The van der Waals surface area contributed by atoms with Gasteiger partial charge in [-0.05, 0) is 24.1 Å². The zero-order valence-electron chi connectivity index (χ0n) is 9.28. The molecule has 0 aliphatic heterocycles. The third kappa shape index (κ3) is 3.65. The standard InChI is InChI=1S/C13H16FNO/c1-3-12(4-2)15-9-13(16)10-6-5-7-11(14)8-10/h1,5-8,12-13,15-16H,4,9H2,2H3. The van der Waals surface area contributed by atoms with Gasteiger partial charge < -0.3 is 10.4 Å². The van der Waals surface area contributed by atoms with Gasteiger partial charge in [0.15, 0.2) is 0 Å². The van der Waals surface area contributed by atoms with Crippen LogP contribution < -0.4 is 5.32 Å². The highest BCUT2D eigenvalue weighted by atomic mass is 19.1. The molecule has 0 aromatic heterocycles. The van der Waals surface area contributed by atoms with Crippen molar-refractivity contribution in [2.75, 3.05) is 6.54 Å². The zero-order chi connectivity index (χ0) is 12.0. The minimum atomic E-state index is -0.738. The first kappa shape index (κ1) is 12.7. The Balaban J connectivity index is 2.53. The molecular formula is C13H16FNO. The maximum atomic E-state index is 12.9. The predicted molar refractivity (Wildman–Crippen MR) is 62.3 cm³/mol. The van der Waals surface area contributed by atoms with Crippen molar-refractivity contribution in [3.05, 3.63) is 35.6 Å². The average Bonchev–Trinajstić information content (AvgIpc) is 2.30. The second-order valence-corrected chi connectivity index (χ2v) is 3.61. The van der Waals surface area contributed by atoms with Crippen LogP contribution in [0, 0.1) is 18.2 Å². The number of rotatable bonds is 5. The second kappa shape index (κ2) is 6.26. The van der Waals surface area contributed by atoms with Crippen molar-refractivity contribution in [1.82, 2.24) is 5.32 Å². The molecule has 0 bridgehead atoms. The third-order valence-electron chi connectivity index (χ3n) is 2.40. The van der Waals surface area contributed by atoms with Gasteiger partial charge in [0.05, 0.1) is 12.1 Å². The quantitative estimate of drug-likeness (QED) is 0.744. The number of hydrogen-bond acceptors (Lipinski definition) is 2. The van der Waals surface area contributed by atoms with E-state index < -0.39 is 6.10 Å². The van der Waals surface area contributed by atoms with Crippen LogP contribution in [0.5, 0.6) is 0 Å². The van der Waals surface area contributed by atoms with Crippen molar-refractivity contribution in [3.8, 4) is 12.3 Å². The number of hydrogen-bond donors (Lipinski definition) is 2. The molecule has 1 aromatic rings. The van der Waals surface area contributed by atoms with Crippen LogP contribution in [0.1, 0.15) is 25.0 Å². The van der Waals surface area contributed by atoms with Gasteiger partial charge in [0.2, 0.25) is 0 Å². The molecule has 2 N–H and O–H groups in total. The number of aliphatic hydroxyl groups excluding tert-OH is 1. The zero-order valence-corrected chi connectivity index (χ0v) is 9.28. The largest absolute Gasteiger partial charge is 0.387 e. The van der Waals surface area contributed by atoms with E-state index in [2.05, 4.69) is 11.2 Å². The first-order valence-electron chi connectivity index (χ1n) is 5.30. The molecule has 2 unspecified atom stereocenters. The molecule has 16 heavy (non-hydrogen) atoms. The maximum absolute atomic E-state index is 12.9. The smallest absolute Gasteiger partial charge is 0.123 e. The number of terminal acetylenes is 1. The summed E-state index contributed by atoms with van der Waals surface area (Å²) in [5.41, 5.74) is 0.555. The monoisotopic (exact) mass is 221 g/mol. The molecule has 0 amide bonds. The Labute approximate surface area is 95.5 Å². The van der Waals surface area contributed by atoms with E-state index in [0.717, 1.165) is 6.42 Å². The summed E-state index contributed by atoms with van der Waals surface area (Å²) in [4.78, 5) is 0. The highest BCUT2D eigenvalue weighted by Crippen LogP contribution is 2.13. The van der Waals surface area contributed by atoms with Crippen LogP contribution in [-0.4, -0.2) is 17.7 Å². The number of nitrogens with one attached hydrogen (secondary N) is 1. The van der Waals surface area contributed by atoms with Crippen LogP contribution in [0.25, 0.3) is 0 Å². The van der Waals surface area contributed by atoms with E-state index in [1.165, 1.54) is 12.1 Å².